The zero-order valence-corrected chi connectivity index (χ0v) is 30.2. The van der Waals surface area contributed by atoms with Gasteiger partial charge in [0, 0.05) is 49.5 Å². The number of para-hydroxylation sites is 2. The van der Waals surface area contributed by atoms with Crippen LogP contribution in [0.3, 0.4) is 0 Å². The number of fused-ring (bicyclic) bond motifs is 7. The lowest BCUT2D eigenvalue weighted by molar-refractivity contribution is 0.672. The monoisotopic (exact) mass is 716 g/mol. The highest BCUT2D eigenvalue weighted by atomic mass is 16.3. The fraction of sp³-hybridized carbons (Fsp3) is 0. The molecular weight excluding hydrogens is 685 g/mol. The number of rotatable bonds is 6. The van der Waals surface area contributed by atoms with Crippen LogP contribution in [0, 0.1) is 0 Å². The van der Waals surface area contributed by atoms with Crippen LogP contribution in [0.1, 0.15) is 0 Å². The molecule has 0 fully saturated rings. The maximum absolute atomic E-state index is 7.05. The third kappa shape index (κ3) is 5.29. The molecule has 0 radical (unpaired) electrons. The van der Waals surface area contributed by atoms with Crippen LogP contribution in [0.4, 0.5) is 0 Å². The fourth-order valence-corrected chi connectivity index (χ4v) is 7.97. The predicted octanol–water partition coefficient (Wildman–Crippen LogP) is 13.2. The molecule has 5 nitrogen and oxygen atoms in total. The second kappa shape index (κ2) is 13.0. The van der Waals surface area contributed by atoms with E-state index in [1.165, 1.54) is 16.5 Å². The van der Waals surface area contributed by atoms with Crippen LogP contribution in [-0.2, 0) is 0 Å². The molecule has 0 saturated carbocycles. The summed E-state index contributed by atoms with van der Waals surface area (Å²) in [7, 11) is 0. The number of nitrogens with zero attached hydrogens (tertiary/aromatic N) is 4. The van der Waals surface area contributed by atoms with E-state index in [0.717, 1.165) is 71.9 Å². The maximum atomic E-state index is 7.05. The molecule has 5 heteroatoms. The average Bonchev–Trinajstić information content (AvgIpc) is 3.83. The molecule has 0 N–H and O–H groups in total. The molecule has 0 atom stereocenters. The summed E-state index contributed by atoms with van der Waals surface area (Å²) < 4.78 is 9.41. The van der Waals surface area contributed by atoms with E-state index < -0.39 is 0 Å². The highest BCUT2D eigenvalue weighted by Gasteiger charge is 2.21. The summed E-state index contributed by atoms with van der Waals surface area (Å²) in [6.07, 6.45) is 0. The predicted molar refractivity (Wildman–Crippen MR) is 229 cm³/mol. The Kier molecular flexibility index (Phi) is 7.42. The summed E-state index contributed by atoms with van der Waals surface area (Å²) in [6, 6.07) is 67.4. The van der Waals surface area contributed by atoms with Gasteiger partial charge in [0.25, 0.3) is 0 Å². The normalized spacial score (nSPS) is 11.6. The molecule has 0 spiro atoms. The van der Waals surface area contributed by atoms with Gasteiger partial charge in [-0.1, -0.05) is 170 Å². The Morgan fingerprint density at radius 1 is 0.339 bits per heavy atom. The fourth-order valence-electron chi connectivity index (χ4n) is 7.97. The van der Waals surface area contributed by atoms with Crippen molar-refractivity contribution in [2.45, 2.75) is 0 Å². The van der Waals surface area contributed by atoms with Gasteiger partial charge >= 0.3 is 0 Å². The SMILES string of the molecule is c1ccc(-c2ccc3c4ccc5c6cccc(-c7ccc(-c8nc(-c9ccccc9)nc(-c9ccccc9)n8)cc7)c6oc5c4n(-c4ccccc4)c3c2)cc1. The van der Waals surface area contributed by atoms with E-state index in [2.05, 4.69) is 138 Å². The summed E-state index contributed by atoms with van der Waals surface area (Å²) in [5.41, 5.74) is 12.2. The molecule has 11 aromatic rings. The summed E-state index contributed by atoms with van der Waals surface area (Å²) >= 11 is 0. The zero-order chi connectivity index (χ0) is 37.0. The highest BCUT2D eigenvalue weighted by molar-refractivity contribution is 6.22. The highest BCUT2D eigenvalue weighted by Crippen LogP contribution is 2.43. The van der Waals surface area contributed by atoms with Crippen molar-refractivity contribution >= 4 is 43.7 Å². The van der Waals surface area contributed by atoms with Gasteiger partial charge in [-0.05, 0) is 41.0 Å². The van der Waals surface area contributed by atoms with Gasteiger partial charge in [0.1, 0.15) is 5.58 Å². The number of furan rings is 1. The van der Waals surface area contributed by atoms with Crippen molar-refractivity contribution in [1.82, 2.24) is 19.5 Å². The molecule has 0 aliphatic rings. The van der Waals surface area contributed by atoms with Crippen molar-refractivity contribution < 1.29 is 4.42 Å². The standard InChI is InChI=1S/C51H32N4O/c1-5-14-33(15-6-1)38-28-29-41-42-30-31-44-43-23-13-22-40(47(43)56-48(44)46(42)55(45(41)32-38)39-20-11-4-12-21-39)34-24-26-37(27-25-34)51-53-49(35-16-7-2-8-17-35)52-50(54-51)36-18-9-3-10-19-36/h1-32H. The van der Waals surface area contributed by atoms with Crippen molar-refractivity contribution in [2.75, 3.05) is 0 Å². The van der Waals surface area contributed by atoms with Gasteiger partial charge < -0.3 is 8.98 Å². The van der Waals surface area contributed by atoms with Gasteiger partial charge in [0.05, 0.1) is 11.0 Å². The third-order valence-corrected chi connectivity index (χ3v) is 10.7. The van der Waals surface area contributed by atoms with Crippen LogP contribution in [0.15, 0.2) is 199 Å². The van der Waals surface area contributed by atoms with Gasteiger partial charge in [-0.25, -0.2) is 15.0 Å². The molecule has 56 heavy (non-hydrogen) atoms. The number of hydrogen-bond donors (Lipinski definition) is 0. The number of hydrogen-bond acceptors (Lipinski definition) is 4. The lowest BCUT2D eigenvalue weighted by Gasteiger charge is -2.09. The van der Waals surface area contributed by atoms with Crippen molar-refractivity contribution in [3.63, 3.8) is 0 Å². The average molecular weight is 717 g/mol. The molecule has 0 amide bonds. The first-order valence-corrected chi connectivity index (χ1v) is 18.8. The Bertz CT molecular complexity index is 3150. The number of aromatic nitrogens is 4. The molecule has 3 aromatic heterocycles. The molecule has 0 aliphatic carbocycles. The topological polar surface area (TPSA) is 56.7 Å². The summed E-state index contributed by atoms with van der Waals surface area (Å²) in [5, 5.41) is 4.51. The van der Waals surface area contributed by atoms with Crippen LogP contribution in [0.5, 0.6) is 0 Å². The van der Waals surface area contributed by atoms with Gasteiger partial charge in [0.15, 0.2) is 23.1 Å². The Balaban J connectivity index is 1.07. The van der Waals surface area contributed by atoms with E-state index in [-0.39, 0.29) is 0 Å². The van der Waals surface area contributed by atoms with Crippen LogP contribution in [-0.4, -0.2) is 19.5 Å². The van der Waals surface area contributed by atoms with Crippen LogP contribution >= 0.6 is 0 Å². The van der Waals surface area contributed by atoms with Crippen molar-refractivity contribution in [2.24, 2.45) is 0 Å². The van der Waals surface area contributed by atoms with Gasteiger partial charge in [0.2, 0.25) is 0 Å². The smallest absolute Gasteiger partial charge is 0.164 e. The van der Waals surface area contributed by atoms with Crippen molar-refractivity contribution in [1.29, 1.82) is 0 Å². The van der Waals surface area contributed by atoms with E-state index in [0.29, 0.717) is 17.5 Å². The quantitative estimate of drug-likeness (QED) is 0.172. The molecule has 11 rings (SSSR count). The van der Waals surface area contributed by atoms with Gasteiger partial charge in [-0.3, -0.25) is 0 Å². The second-order valence-electron chi connectivity index (χ2n) is 14.0. The number of benzene rings is 8. The minimum absolute atomic E-state index is 0.623. The molecule has 3 heterocycles. The van der Waals surface area contributed by atoms with Crippen LogP contribution < -0.4 is 0 Å². The molecule has 0 bridgehead atoms. The largest absolute Gasteiger partial charge is 0.453 e. The second-order valence-corrected chi connectivity index (χ2v) is 14.0. The van der Waals surface area contributed by atoms with Crippen molar-refractivity contribution in [3.8, 4) is 62.1 Å². The van der Waals surface area contributed by atoms with E-state index in [4.69, 9.17) is 19.4 Å². The van der Waals surface area contributed by atoms with Crippen molar-refractivity contribution in [3.05, 3.63) is 194 Å². The summed E-state index contributed by atoms with van der Waals surface area (Å²) in [6.45, 7) is 0. The Morgan fingerprint density at radius 3 is 1.45 bits per heavy atom. The first-order valence-electron chi connectivity index (χ1n) is 18.8. The van der Waals surface area contributed by atoms with Gasteiger partial charge in [-0.2, -0.15) is 0 Å². The lowest BCUT2D eigenvalue weighted by Crippen LogP contribution is -2.00. The molecule has 0 unspecified atom stereocenters. The van der Waals surface area contributed by atoms with Crippen LogP contribution in [0.25, 0.3) is 106 Å². The maximum Gasteiger partial charge on any atom is 0.164 e. The Hall–Kier alpha value is -7.63. The Labute approximate surface area is 322 Å². The first-order chi connectivity index (χ1) is 27.8. The minimum Gasteiger partial charge on any atom is -0.453 e. The lowest BCUT2D eigenvalue weighted by atomic mass is 10.0. The first kappa shape index (κ1) is 31.9. The zero-order valence-electron chi connectivity index (χ0n) is 30.2. The Morgan fingerprint density at radius 2 is 0.821 bits per heavy atom. The van der Waals surface area contributed by atoms with E-state index in [9.17, 15) is 0 Å². The minimum atomic E-state index is 0.623. The third-order valence-electron chi connectivity index (χ3n) is 10.7. The summed E-state index contributed by atoms with van der Waals surface area (Å²) in [4.78, 5) is 14.7. The van der Waals surface area contributed by atoms with E-state index in [1.54, 1.807) is 0 Å². The van der Waals surface area contributed by atoms with E-state index >= 15 is 0 Å². The molecule has 0 saturated heterocycles. The van der Waals surface area contributed by atoms with Gasteiger partial charge in [-0.15, -0.1) is 0 Å². The molecule has 8 aromatic carbocycles. The summed E-state index contributed by atoms with van der Waals surface area (Å²) in [5.74, 6) is 1.90. The molecule has 0 aliphatic heterocycles. The van der Waals surface area contributed by atoms with E-state index in [1.807, 2.05) is 60.7 Å². The molecule has 262 valence electrons. The molecular formula is C51H32N4O. The van der Waals surface area contributed by atoms with Crippen LogP contribution in [0.2, 0.25) is 0 Å².